The van der Waals surface area contributed by atoms with Gasteiger partial charge in [-0.1, -0.05) is 26.8 Å². The maximum Gasteiger partial charge on any atom is 0.254 e. The van der Waals surface area contributed by atoms with Gasteiger partial charge in [0.25, 0.3) is 5.91 Å². The van der Waals surface area contributed by atoms with Crippen LogP contribution in [0.15, 0.2) is 24.3 Å². The summed E-state index contributed by atoms with van der Waals surface area (Å²) in [5.74, 6) is 0.267. The Kier molecular flexibility index (Phi) is 4.79. The first-order valence-electron chi connectivity index (χ1n) is 8.88. The van der Waals surface area contributed by atoms with Crippen LogP contribution in [0.3, 0.4) is 0 Å². The second kappa shape index (κ2) is 6.86. The summed E-state index contributed by atoms with van der Waals surface area (Å²) in [6, 6.07) is 6.49. The minimum atomic E-state index is -0.466. The Labute approximate surface area is 148 Å². The van der Waals surface area contributed by atoms with Gasteiger partial charge in [0.2, 0.25) is 11.8 Å². The summed E-state index contributed by atoms with van der Waals surface area (Å²) in [7, 11) is 0. The van der Waals surface area contributed by atoms with E-state index >= 15 is 0 Å². The Morgan fingerprint density at radius 3 is 2.68 bits per heavy atom. The predicted octanol–water partition coefficient (Wildman–Crippen LogP) is 1.88. The number of amides is 3. The third-order valence-electron chi connectivity index (χ3n) is 4.97. The molecule has 0 spiro atoms. The molecule has 2 fully saturated rings. The normalized spacial score (nSPS) is 25.5. The molecule has 3 atom stereocenters. The van der Waals surface area contributed by atoms with Gasteiger partial charge < -0.3 is 15.5 Å². The number of hydrogen-bond acceptors (Lipinski definition) is 3. The quantitative estimate of drug-likeness (QED) is 0.876. The van der Waals surface area contributed by atoms with E-state index in [4.69, 9.17) is 0 Å². The first-order chi connectivity index (χ1) is 11.9. The summed E-state index contributed by atoms with van der Waals surface area (Å²) in [4.78, 5) is 38.8. The van der Waals surface area contributed by atoms with E-state index in [0.717, 1.165) is 6.42 Å². The molecule has 3 amide bonds. The Morgan fingerprint density at radius 1 is 1.32 bits per heavy atom. The summed E-state index contributed by atoms with van der Waals surface area (Å²) in [5.41, 5.74) is 1.11. The highest BCUT2D eigenvalue weighted by atomic mass is 16.2. The van der Waals surface area contributed by atoms with Crippen molar-refractivity contribution in [3.63, 3.8) is 0 Å². The van der Waals surface area contributed by atoms with Crippen LogP contribution in [0.4, 0.5) is 5.69 Å². The lowest BCUT2D eigenvalue weighted by molar-refractivity contribution is -0.129. The Bertz CT molecular complexity index is 701. The molecule has 2 N–H and O–H groups in total. The van der Waals surface area contributed by atoms with Crippen molar-refractivity contribution in [1.82, 2.24) is 10.2 Å². The summed E-state index contributed by atoms with van der Waals surface area (Å²) in [5, 5.41) is 5.71. The van der Waals surface area contributed by atoms with Crippen LogP contribution < -0.4 is 10.6 Å². The van der Waals surface area contributed by atoms with E-state index < -0.39 is 6.04 Å². The number of rotatable bonds is 4. The fraction of sp³-hybridized carbons (Fsp3) is 0.526. The predicted molar refractivity (Wildman–Crippen MR) is 95.0 cm³/mol. The Morgan fingerprint density at radius 2 is 2.04 bits per heavy atom. The van der Waals surface area contributed by atoms with Crippen LogP contribution in [-0.2, 0) is 9.59 Å². The van der Waals surface area contributed by atoms with Gasteiger partial charge in [-0.15, -0.1) is 0 Å². The van der Waals surface area contributed by atoms with Gasteiger partial charge in [-0.3, -0.25) is 14.4 Å². The fourth-order valence-electron chi connectivity index (χ4n) is 3.39. The largest absolute Gasteiger partial charge is 0.353 e. The zero-order chi connectivity index (χ0) is 18.1. The number of nitrogens with one attached hydrogen (secondary N) is 2. The molecule has 1 saturated carbocycles. The van der Waals surface area contributed by atoms with Crippen molar-refractivity contribution < 1.29 is 14.4 Å². The van der Waals surface area contributed by atoms with Gasteiger partial charge in [-0.05, 0) is 36.5 Å². The molecule has 25 heavy (non-hydrogen) atoms. The molecule has 1 heterocycles. The highest BCUT2D eigenvalue weighted by Crippen LogP contribution is 2.38. The zero-order valence-electron chi connectivity index (χ0n) is 14.9. The van der Waals surface area contributed by atoms with Gasteiger partial charge in [-0.25, -0.2) is 0 Å². The fourth-order valence-corrected chi connectivity index (χ4v) is 3.39. The molecule has 2 aliphatic rings. The smallest absolute Gasteiger partial charge is 0.254 e. The number of piperazine rings is 1. The molecule has 0 aromatic heterocycles. The molecule has 6 heteroatoms. The average molecular weight is 343 g/mol. The molecular formula is C19H25N3O3. The van der Waals surface area contributed by atoms with Crippen molar-refractivity contribution in [2.24, 2.45) is 17.8 Å². The SMILES string of the molecule is CC(C)[C@@H]1C(=O)NCCN1C(=O)c1cccc(NC(=O)[C@@H]2C[C@H]2C)c1. The number of anilines is 1. The van der Waals surface area contributed by atoms with Crippen molar-refractivity contribution in [1.29, 1.82) is 0 Å². The van der Waals surface area contributed by atoms with Gasteiger partial charge in [-0.2, -0.15) is 0 Å². The van der Waals surface area contributed by atoms with Crippen molar-refractivity contribution in [3.8, 4) is 0 Å². The standard InChI is InChI=1S/C19H25N3O3/c1-11(2)16-18(24)20-7-8-22(16)19(25)13-5-4-6-14(10-13)21-17(23)15-9-12(15)3/h4-6,10-12,15-16H,7-9H2,1-3H3,(H,20,24)(H,21,23)/t12-,15-,16-/m1/s1. The van der Waals surface area contributed by atoms with Crippen molar-refractivity contribution in [2.75, 3.05) is 18.4 Å². The third kappa shape index (κ3) is 3.67. The number of carbonyl (C=O) groups excluding carboxylic acids is 3. The molecule has 1 aliphatic carbocycles. The summed E-state index contributed by atoms with van der Waals surface area (Å²) in [6.45, 7) is 6.87. The van der Waals surface area contributed by atoms with Crippen LogP contribution in [0.5, 0.6) is 0 Å². The van der Waals surface area contributed by atoms with Crippen LogP contribution in [0.1, 0.15) is 37.6 Å². The van der Waals surface area contributed by atoms with Crippen LogP contribution in [-0.4, -0.2) is 41.8 Å². The van der Waals surface area contributed by atoms with Gasteiger partial charge in [0, 0.05) is 30.3 Å². The number of benzene rings is 1. The van der Waals surface area contributed by atoms with Gasteiger partial charge >= 0.3 is 0 Å². The summed E-state index contributed by atoms with van der Waals surface area (Å²) in [6.07, 6.45) is 0.920. The van der Waals surface area contributed by atoms with Gasteiger partial charge in [0.05, 0.1) is 0 Å². The van der Waals surface area contributed by atoms with E-state index in [1.165, 1.54) is 0 Å². The second-order valence-corrected chi connectivity index (χ2v) is 7.37. The summed E-state index contributed by atoms with van der Waals surface area (Å²) >= 11 is 0. The molecule has 0 radical (unpaired) electrons. The van der Waals surface area contributed by atoms with Crippen LogP contribution >= 0.6 is 0 Å². The second-order valence-electron chi connectivity index (χ2n) is 7.37. The van der Waals surface area contributed by atoms with E-state index in [-0.39, 0.29) is 29.6 Å². The van der Waals surface area contributed by atoms with Crippen LogP contribution in [0.2, 0.25) is 0 Å². The molecule has 1 aliphatic heterocycles. The lowest BCUT2D eigenvalue weighted by Crippen LogP contribution is -2.59. The molecule has 0 bridgehead atoms. The lowest BCUT2D eigenvalue weighted by Gasteiger charge is -2.37. The molecular weight excluding hydrogens is 318 g/mol. The topological polar surface area (TPSA) is 78.5 Å². The maximum absolute atomic E-state index is 12.9. The van der Waals surface area contributed by atoms with Crippen molar-refractivity contribution in [3.05, 3.63) is 29.8 Å². The van der Waals surface area contributed by atoms with Crippen LogP contribution in [0.25, 0.3) is 0 Å². The molecule has 1 aromatic carbocycles. The minimum Gasteiger partial charge on any atom is -0.353 e. The van der Waals surface area contributed by atoms with Crippen LogP contribution in [0, 0.1) is 17.8 Å². The van der Waals surface area contributed by atoms with E-state index in [9.17, 15) is 14.4 Å². The Balaban J connectivity index is 1.76. The Hall–Kier alpha value is -2.37. The minimum absolute atomic E-state index is 0.00880. The van der Waals surface area contributed by atoms with E-state index in [2.05, 4.69) is 17.6 Å². The first kappa shape index (κ1) is 17.5. The lowest BCUT2D eigenvalue weighted by atomic mass is 9.98. The average Bonchev–Trinajstić information content (AvgIpc) is 3.31. The maximum atomic E-state index is 12.9. The monoisotopic (exact) mass is 343 g/mol. The molecule has 1 aromatic rings. The van der Waals surface area contributed by atoms with Crippen molar-refractivity contribution in [2.45, 2.75) is 33.2 Å². The van der Waals surface area contributed by atoms with Gasteiger partial charge in [0.1, 0.15) is 6.04 Å². The first-order valence-corrected chi connectivity index (χ1v) is 8.88. The summed E-state index contributed by atoms with van der Waals surface area (Å²) < 4.78 is 0. The third-order valence-corrected chi connectivity index (χ3v) is 4.97. The van der Waals surface area contributed by atoms with E-state index in [1.807, 2.05) is 13.8 Å². The van der Waals surface area contributed by atoms with E-state index in [0.29, 0.717) is 30.3 Å². The number of nitrogens with zero attached hydrogens (tertiary/aromatic N) is 1. The number of carbonyl (C=O) groups is 3. The van der Waals surface area contributed by atoms with Gasteiger partial charge in [0.15, 0.2) is 0 Å². The molecule has 3 rings (SSSR count). The zero-order valence-corrected chi connectivity index (χ0v) is 14.9. The number of hydrogen-bond donors (Lipinski definition) is 2. The molecule has 6 nitrogen and oxygen atoms in total. The highest BCUT2D eigenvalue weighted by molar-refractivity contribution is 6.00. The van der Waals surface area contributed by atoms with Crippen molar-refractivity contribution >= 4 is 23.4 Å². The highest BCUT2D eigenvalue weighted by Gasteiger charge is 2.39. The molecule has 134 valence electrons. The molecule has 1 saturated heterocycles. The molecule has 0 unspecified atom stereocenters. The van der Waals surface area contributed by atoms with E-state index in [1.54, 1.807) is 29.2 Å².